The summed E-state index contributed by atoms with van der Waals surface area (Å²) in [6, 6.07) is 9.07. The highest BCUT2D eigenvalue weighted by Gasteiger charge is 2.13. The number of nitrogens with zero attached hydrogens (tertiary/aromatic N) is 1. The van der Waals surface area contributed by atoms with Gasteiger partial charge >= 0.3 is 6.03 Å². The molecule has 2 aromatic carbocycles. The van der Waals surface area contributed by atoms with Crippen LogP contribution < -0.4 is 10.7 Å². The smallest absolute Gasteiger partial charge is 0.335 e. The molecule has 7 heteroatoms. The van der Waals surface area contributed by atoms with E-state index in [0.717, 1.165) is 5.56 Å². The molecular formula is C18H21N3O4. The first kappa shape index (κ1) is 18.1. The highest BCUT2D eigenvalue weighted by atomic mass is 16.3. The number of hydrazone groups is 1. The second kappa shape index (κ2) is 8.05. The third-order valence-electron chi connectivity index (χ3n) is 3.70. The van der Waals surface area contributed by atoms with Crippen LogP contribution in [0.15, 0.2) is 41.5 Å². The Bertz CT molecular complexity index is 803. The number of phenolic OH excluding ortho intramolecular Hbond substituents is 3. The molecule has 0 saturated carbocycles. The zero-order valence-electron chi connectivity index (χ0n) is 14.1. The molecule has 0 radical (unpaired) electrons. The molecule has 2 rings (SSSR count). The van der Waals surface area contributed by atoms with Crippen molar-refractivity contribution in [2.45, 2.75) is 26.8 Å². The van der Waals surface area contributed by atoms with E-state index in [1.807, 2.05) is 6.92 Å². The first-order valence-electron chi connectivity index (χ1n) is 7.82. The molecule has 5 N–H and O–H groups in total. The summed E-state index contributed by atoms with van der Waals surface area (Å²) in [5, 5.41) is 35.8. The molecule has 0 fully saturated rings. The third kappa shape index (κ3) is 4.63. The number of nitrogens with one attached hydrogen (secondary N) is 2. The lowest BCUT2D eigenvalue weighted by Gasteiger charge is -2.11. The first-order chi connectivity index (χ1) is 11.9. The Morgan fingerprint density at radius 3 is 2.60 bits per heavy atom. The van der Waals surface area contributed by atoms with Crippen molar-refractivity contribution < 1.29 is 20.1 Å². The maximum Gasteiger partial charge on any atom is 0.335 e. The Labute approximate surface area is 145 Å². The van der Waals surface area contributed by atoms with Crippen molar-refractivity contribution in [1.29, 1.82) is 0 Å². The Kier molecular flexibility index (Phi) is 5.84. The molecule has 0 aliphatic rings. The average molecular weight is 343 g/mol. The van der Waals surface area contributed by atoms with Gasteiger partial charge in [-0.1, -0.05) is 19.1 Å². The topological polar surface area (TPSA) is 114 Å². The van der Waals surface area contributed by atoms with Gasteiger partial charge < -0.3 is 20.6 Å². The summed E-state index contributed by atoms with van der Waals surface area (Å²) >= 11 is 0. The fourth-order valence-electron chi connectivity index (χ4n) is 2.26. The summed E-state index contributed by atoms with van der Waals surface area (Å²) in [7, 11) is 0. The van der Waals surface area contributed by atoms with Crippen molar-refractivity contribution in [3.63, 3.8) is 0 Å². The SMILES string of the molecule is CC/C(=N/NC(=O)NCc1cccc(O)c1)c1ccc(O)c(C)c1O. The summed E-state index contributed by atoms with van der Waals surface area (Å²) in [6.45, 7) is 3.67. The maximum atomic E-state index is 11.9. The molecule has 0 heterocycles. The van der Waals surface area contributed by atoms with Gasteiger partial charge in [0.15, 0.2) is 0 Å². The van der Waals surface area contributed by atoms with Crippen LogP contribution in [0.4, 0.5) is 4.79 Å². The van der Waals surface area contributed by atoms with Gasteiger partial charge in [-0.3, -0.25) is 0 Å². The highest BCUT2D eigenvalue weighted by molar-refractivity contribution is 6.03. The predicted octanol–water partition coefficient (Wildman–Crippen LogP) is 2.73. The van der Waals surface area contributed by atoms with Gasteiger partial charge in [0.05, 0.1) is 5.71 Å². The number of carbonyl (C=O) groups is 1. The molecule has 0 aliphatic carbocycles. The van der Waals surface area contributed by atoms with Gasteiger partial charge in [-0.2, -0.15) is 5.10 Å². The second-order valence-corrected chi connectivity index (χ2v) is 5.48. The van der Waals surface area contributed by atoms with Crippen molar-refractivity contribution in [2.24, 2.45) is 5.10 Å². The van der Waals surface area contributed by atoms with Crippen LogP contribution in [0.3, 0.4) is 0 Å². The Morgan fingerprint density at radius 1 is 1.16 bits per heavy atom. The van der Waals surface area contributed by atoms with Crippen LogP contribution in [0, 0.1) is 6.92 Å². The quantitative estimate of drug-likeness (QED) is 0.424. The molecule has 0 spiro atoms. The maximum absolute atomic E-state index is 11.9. The Morgan fingerprint density at radius 2 is 1.92 bits per heavy atom. The number of hydrogen-bond donors (Lipinski definition) is 5. The van der Waals surface area contributed by atoms with Gasteiger partial charge in [0.2, 0.25) is 0 Å². The molecule has 132 valence electrons. The van der Waals surface area contributed by atoms with Gasteiger partial charge in [-0.15, -0.1) is 0 Å². The molecule has 0 aliphatic heterocycles. The van der Waals surface area contributed by atoms with E-state index in [1.165, 1.54) is 6.07 Å². The van der Waals surface area contributed by atoms with Crippen LogP contribution in [0.1, 0.15) is 30.0 Å². The highest BCUT2D eigenvalue weighted by Crippen LogP contribution is 2.30. The number of rotatable bonds is 5. The van der Waals surface area contributed by atoms with Crippen LogP contribution in [0.25, 0.3) is 0 Å². The molecule has 0 atom stereocenters. The number of phenols is 3. The fraction of sp³-hybridized carbons (Fsp3) is 0.222. The van der Waals surface area contributed by atoms with Crippen molar-refractivity contribution in [3.8, 4) is 17.2 Å². The van der Waals surface area contributed by atoms with Crippen molar-refractivity contribution in [3.05, 3.63) is 53.1 Å². The lowest BCUT2D eigenvalue weighted by atomic mass is 10.0. The van der Waals surface area contributed by atoms with E-state index in [2.05, 4.69) is 15.8 Å². The van der Waals surface area contributed by atoms with Crippen molar-refractivity contribution in [1.82, 2.24) is 10.7 Å². The van der Waals surface area contributed by atoms with E-state index in [9.17, 15) is 20.1 Å². The van der Waals surface area contributed by atoms with Crippen LogP contribution in [-0.2, 0) is 6.54 Å². The van der Waals surface area contributed by atoms with Gasteiger partial charge in [-0.25, -0.2) is 10.2 Å². The lowest BCUT2D eigenvalue weighted by molar-refractivity contribution is 0.241. The Balaban J connectivity index is 2.03. The number of carbonyl (C=O) groups excluding carboxylic acids is 1. The average Bonchev–Trinajstić information content (AvgIpc) is 2.60. The monoisotopic (exact) mass is 343 g/mol. The lowest BCUT2D eigenvalue weighted by Crippen LogP contribution is -2.32. The van der Waals surface area contributed by atoms with E-state index in [-0.39, 0.29) is 23.8 Å². The van der Waals surface area contributed by atoms with Gasteiger partial charge in [-0.05, 0) is 43.2 Å². The molecule has 2 aromatic rings. The zero-order chi connectivity index (χ0) is 18.4. The summed E-state index contributed by atoms with van der Waals surface area (Å²) < 4.78 is 0. The van der Waals surface area contributed by atoms with E-state index in [1.54, 1.807) is 37.3 Å². The summed E-state index contributed by atoms with van der Waals surface area (Å²) in [5.41, 5.74) is 4.42. The summed E-state index contributed by atoms with van der Waals surface area (Å²) in [5.74, 6) is 0.0558. The van der Waals surface area contributed by atoms with Crippen LogP contribution in [-0.4, -0.2) is 27.1 Å². The third-order valence-corrected chi connectivity index (χ3v) is 3.70. The van der Waals surface area contributed by atoms with E-state index in [4.69, 9.17) is 0 Å². The number of urea groups is 1. The standard InChI is InChI=1S/C18H21N3O4/c1-3-15(14-7-8-16(23)11(2)17(14)24)20-21-18(25)19-10-12-5-4-6-13(22)9-12/h4-9,22-24H,3,10H2,1-2H3,(H2,19,21,25)/b20-15-. The number of aromatic hydroxyl groups is 3. The molecule has 7 nitrogen and oxygen atoms in total. The van der Waals surface area contributed by atoms with Crippen LogP contribution in [0.5, 0.6) is 17.2 Å². The van der Waals surface area contributed by atoms with Crippen LogP contribution in [0.2, 0.25) is 0 Å². The molecule has 0 unspecified atom stereocenters. The summed E-state index contributed by atoms with van der Waals surface area (Å²) in [6.07, 6.45) is 0.477. The normalized spacial score (nSPS) is 11.2. The van der Waals surface area contributed by atoms with Crippen LogP contribution >= 0.6 is 0 Å². The predicted molar refractivity (Wildman–Crippen MR) is 94.8 cm³/mol. The van der Waals surface area contributed by atoms with E-state index < -0.39 is 6.03 Å². The molecule has 0 saturated heterocycles. The van der Waals surface area contributed by atoms with E-state index >= 15 is 0 Å². The van der Waals surface area contributed by atoms with Gasteiger partial charge in [0, 0.05) is 17.7 Å². The Hall–Kier alpha value is -3.22. The minimum Gasteiger partial charge on any atom is -0.508 e. The molecular weight excluding hydrogens is 322 g/mol. The molecule has 0 aromatic heterocycles. The number of hydrogen-bond acceptors (Lipinski definition) is 5. The minimum atomic E-state index is -0.510. The van der Waals surface area contributed by atoms with E-state index in [0.29, 0.717) is 23.3 Å². The number of amides is 2. The summed E-state index contributed by atoms with van der Waals surface area (Å²) in [4.78, 5) is 11.9. The molecule has 2 amide bonds. The zero-order valence-corrected chi connectivity index (χ0v) is 14.1. The minimum absolute atomic E-state index is 0.00600. The van der Waals surface area contributed by atoms with Crippen molar-refractivity contribution in [2.75, 3.05) is 0 Å². The second-order valence-electron chi connectivity index (χ2n) is 5.48. The fourth-order valence-corrected chi connectivity index (χ4v) is 2.26. The first-order valence-corrected chi connectivity index (χ1v) is 7.82. The molecule has 25 heavy (non-hydrogen) atoms. The molecule has 0 bridgehead atoms. The van der Waals surface area contributed by atoms with Gasteiger partial charge in [0.25, 0.3) is 0 Å². The van der Waals surface area contributed by atoms with Crippen molar-refractivity contribution >= 4 is 11.7 Å². The van der Waals surface area contributed by atoms with Gasteiger partial charge in [0.1, 0.15) is 17.2 Å². The largest absolute Gasteiger partial charge is 0.508 e. The number of benzene rings is 2.